The van der Waals surface area contributed by atoms with Gasteiger partial charge in [-0.25, -0.2) is 0 Å². The van der Waals surface area contributed by atoms with Crippen LogP contribution in [-0.4, -0.2) is 23.4 Å². The lowest BCUT2D eigenvalue weighted by Gasteiger charge is -2.44. The van der Waals surface area contributed by atoms with E-state index < -0.39 is 29.5 Å². The van der Waals surface area contributed by atoms with Crippen LogP contribution in [0.5, 0.6) is 0 Å². The van der Waals surface area contributed by atoms with E-state index in [9.17, 15) is 13.2 Å². The molecule has 1 heterocycles. The second kappa shape index (κ2) is 7.32. The fourth-order valence-corrected chi connectivity index (χ4v) is 3.76. The molecule has 3 atom stereocenters. The number of benzene rings is 2. The molecule has 0 spiro atoms. The van der Waals surface area contributed by atoms with E-state index in [-0.39, 0.29) is 0 Å². The first kappa shape index (κ1) is 18.2. The minimum Gasteiger partial charge on any atom is -0.346 e. The average molecular weight is 413 g/mol. The summed E-state index contributed by atoms with van der Waals surface area (Å²) in [5.41, 5.74) is -1.16. The number of hydrogen-bond acceptors (Lipinski definition) is 2. The molecule has 132 valence electrons. The zero-order valence-electron chi connectivity index (χ0n) is 13.1. The molecule has 3 rings (SSSR count). The van der Waals surface area contributed by atoms with Crippen LogP contribution in [0.4, 0.5) is 13.2 Å². The lowest BCUT2D eigenvalue weighted by atomic mass is 9.89. The molecular formula is C19H16BrF3O2. The highest BCUT2D eigenvalue weighted by Gasteiger charge is 2.62. The summed E-state index contributed by atoms with van der Waals surface area (Å²) in [6.07, 6.45) is -2.89. The first-order chi connectivity index (χ1) is 11.9. The quantitative estimate of drug-likeness (QED) is 0.618. The van der Waals surface area contributed by atoms with E-state index in [1.807, 2.05) is 0 Å². The number of hydrogen-bond donors (Lipinski definition) is 0. The summed E-state index contributed by atoms with van der Waals surface area (Å²) < 4.78 is 52.5. The van der Waals surface area contributed by atoms with Crippen molar-refractivity contribution in [2.75, 3.05) is 6.79 Å². The molecule has 0 unspecified atom stereocenters. The van der Waals surface area contributed by atoms with E-state index in [2.05, 4.69) is 15.9 Å². The van der Waals surface area contributed by atoms with Crippen molar-refractivity contribution in [1.82, 2.24) is 0 Å². The zero-order valence-corrected chi connectivity index (χ0v) is 14.7. The number of halogens is 4. The fourth-order valence-electron chi connectivity index (χ4n) is 2.76. The van der Waals surface area contributed by atoms with Gasteiger partial charge in [-0.3, -0.25) is 0 Å². The van der Waals surface area contributed by atoms with Gasteiger partial charge in [0.2, 0.25) is 0 Å². The summed E-state index contributed by atoms with van der Waals surface area (Å²) >= 11 is 3.20. The Morgan fingerprint density at radius 1 is 1.00 bits per heavy atom. The first-order valence-corrected chi connectivity index (χ1v) is 8.61. The molecule has 6 heteroatoms. The molecule has 0 radical (unpaired) electrons. The van der Waals surface area contributed by atoms with Gasteiger partial charge in [-0.05, 0) is 17.2 Å². The van der Waals surface area contributed by atoms with Gasteiger partial charge in [0.05, 0.1) is 4.83 Å². The second-order valence-electron chi connectivity index (χ2n) is 5.70. The molecule has 0 bridgehead atoms. The third kappa shape index (κ3) is 3.66. The van der Waals surface area contributed by atoms with Gasteiger partial charge in [-0.1, -0.05) is 82.7 Å². The molecule has 1 aliphatic rings. The molecule has 1 fully saturated rings. The molecule has 0 aliphatic carbocycles. The molecule has 1 aliphatic heterocycles. The van der Waals surface area contributed by atoms with E-state index in [1.165, 1.54) is 6.08 Å². The van der Waals surface area contributed by atoms with Crippen molar-refractivity contribution in [2.24, 2.45) is 0 Å². The van der Waals surface area contributed by atoms with E-state index in [0.717, 1.165) is 6.08 Å². The smallest absolute Gasteiger partial charge is 0.346 e. The first-order valence-electron chi connectivity index (χ1n) is 7.70. The number of ether oxygens (including phenoxy) is 2. The van der Waals surface area contributed by atoms with Crippen molar-refractivity contribution < 1.29 is 22.6 Å². The summed E-state index contributed by atoms with van der Waals surface area (Å²) in [5, 5.41) is 0. The molecule has 0 aromatic heterocycles. The van der Waals surface area contributed by atoms with Crippen LogP contribution in [0.1, 0.15) is 17.2 Å². The molecule has 2 aromatic carbocycles. The zero-order chi connectivity index (χ0) is 17.9. The molecule has 25 heavy (non-hydrogen) atoms. The second-order valence-corrected chi connectivity index (χ2v) is 6.68. The average Bonchev–Trinajstić information content (AvgIpc) is 2.61. The number of rotatable bonds is 3. The van der Waals surface area contributed by atoms with Gasteiger partial charge in [0.1, 0.15) is 12.9 Å². The Kier molecular flexibility index (Phi) is 5.32. The summed E-state index contributed by atoms with van der Waals surface area (Å²) in [4.78, 5) is -1.13. The highest BCUT2D eigenvalue weighted by molar-refractivity contribution is 9.09. The largest absolute Gasteiger partial charge is 0.422 e. The Balaban J connectivity index is 1.98. The molecule has 0 amide bonds. The van der Waals surface area contributed by atoms with Crippen molar-refractivity contribution in [3.63, 3.8) is 0 Å². The molecular weight excluding hydrogens is 397 g/mol. The molecule has 0 N–H and O–H groups in total. The van der Waals surface area contributed by atoms with Gasteiger partial charge >= 0.3 is 6.18 Å². The van der Waals surface area contributed by atoms with Crippen LogP contribution in [0.2, 0.25) is 0 Å². The monoisotopic (exact) mass is 412 g/mol. The Morgan fingerprint density at radius 2 is 1.60 bits per heavy atom. The van der Waals surface area contributed by atoms with E-state index >= 15 is 0 Å². The summed E-state index contributed by atoms with van der Waals surface area (Å²) in [7, 11) is 0. The summed E-state index contributed by atoms with van der Waals surface area (Å²) in [6, 6.07) is 17.6. The SMILES string of the molecule is FC(F)(F)[C@@]1(/C=C/c2ccccc2)OCO[C@H](c2ccccc2)[C@H]1Br. The van der Waals surface area contributed by atoms with Crippen molar-refractivity contribution in [3.05, 3.63) is 77.9 Å². The maximum atomic E-state index is 14.0. The van der Waals surface area contributed by atoms with Gasteiger partial charge in [-0.15, -0.1) is 0 Å². The van der Waals surface area contributed by atoms with Crippen LogP contribution in [0.15, 0.2) is 66.7 Å². The molecule has 2 nitrogen and oxygen atoms in total. The Hall–Kier alpha value is -1.63. The number of alkyl halides is 4. The van der Waals surface area contributed by atoms with E-state index in [0.29, 0.717) is 11.1 Å². The maximum absolute atomic E-state index is 14.0. The standard InChI is InChI=1S/C19H16BrF3O2/c20-17-16(15-9-5-2-6-10-15)24-13-25-18(17,19(21,22)23)12-11-14-7-3-1-4-8-14/h1-12,16-17H,13H2/b12-11+/t16-,17-,18+/m1/s1. The van der Waals surface area contributed by atoms with Crippen LogP contribution in [-0.2, 0) is 9.47 Å². The van der Waals surface area contributed by atoms with Crippen molar-refractivity contribution in [2.45, 2.75) is 22.7 Å². The molecule has 1 saturated heterocycles. The lowest BCUT2D eigenvalue weighted by molar-refractivity contribution is -0.313. The minimum atomic E-state index is -4.61. The Bertz CT molecular complexity index is 718. The van der Waals surface area contributed by atoms with Gasteiger partial charge in [0.25, 0.3) is 0 Å². The van der Waals surface area contributed by atoms with Gasteiger partial charge in [0.15, 0.2) is 5.60 Å². The van der Waals surface area contributed by atoms with Gasteiger partial charge < -0.3 is 9.47 Å². The van der Waals surface area contributed by atoms with Crippen molar-refractivity contribution in [1.29, 1.82) is 0 Å². The highest BCUT2D eigenvalue weighted by atomic mass is 79.9. The fraction of sp³-hybridized carbons (Fsp3) is 0.263. The Labute approximate surface area is 152 Å². The van der Waals surface area contributed by atoms with Crippen LogP contribution in [0.3, 0.4) is 0 Å². The van der Waals surface area contributed by atoms with Gasteiger partial charge in [-0.2, -0.15) is 13.2 Å². The predicted molar refractivity (Wildman–Crippen MR) is 93.2 cm³/mol. The van der Waals surface area contributed by atoms with Crippen molar-refractivity contribution in [3.8, 4) is 0 Å². The Morgan fingerprint density at radius 3 is 2.20 bits per heavy atom. The van der Waals surface area contributed by atoms with E-state index in [1.54, 1.807) is 60.7 Å². The summed E-state index contributed by atoms with van der Waals surface area (Å²) in [5.74, 6) is 0. The topological polar surface area (TPSA) is 18.5 Å². The predicted octanol–water partition coefficient (Wildman–Crippen LogP) is 5.51. The third-order valence-corrected chi connectivity index (χ3v) is 5.28. The molecule has 2 aromatic rings. The van der Waals surface area contributed by atoms with Crippen LogP contribution in [0, 0.1) is 0 Å². The van der Waals surface area contributed by atoms with Crippen molar-refractivity contribution >= 4 is 22.0 Å². The third-order valence-electron chi connectivity index (χ3n) is 4.11. The summed E-state index contributed by atoms with van der Waals surface area (Å²) in [6.45, 7) is -0.444. The lowest BCUT2D eigenvalue weighted by Crippen LogP contribution is -2.58. The van der Waals surface area contributed by atoms with Crippen LogP contribution < -0.4 is 0 Å². The molecule has 0 saturated carbocycles. The minimum absolute atomic E-state index is 0.444. The normalized spacial score (nSPS) is 27.5. The van der Waals surface area contributed by atoms with E-state index in [4.69, 9.17) is 9.47 Å². The van der Waals surface area contributed by atoms with Crippen LogP contribution in [0.25, 0.3) is 6.08 Å². The maximum Gasteiger partial charge on any atom is 0.422 e. The highest BCUT2D eigenvalue weighted by Crippen LogP contribution is 2.49. The van der Waals surface area contributed by atoms with Crippen LogP contribution >= 0.6 is 15.9 Å². The van der Waals surface area contributed by atoms with Gasteiger partial charge in [0, 0.05) is 0 Å².